The highest BCUT2D eigenvalue weighted by Gasteiger charge is 2.21. The summed E-state index contributed by atoms with van der Waals surface area (Å²) in [6, 6.07) is 4.76. The van der Waals surface area contributed by atoms with Crippen LogP contribution in [-0.2, 0) is 4.74 Å². The van der Waals surface area contributed by atoms with Gasteiger partial charge in [-0.3, -0.25) is 0 Å². The molecule has 0 aliphatic rings. The SMILES string of the molecule is C=CC/C=C/O[C@@H](C)c1c(C(C)C)cc(C(C)C)cc1C(C)C. The molecule has 0 aliphatic carbocycles. The summed E-state index contributed by atoms with van der Waals surface area (Å²) >= 11 is 0. The Morgan fingerprint density at radius 3 is 1.83 bits per heavy atom. The van der Waals surface area contributed by atoms with Crippen molar-refractivity contribution in [3.63, 3.8) is 0 Å². The van der Waals surface area contributed by atoms with Crippen molar-refractivity contribution in [3.8, 4) is 0 Å². The lowest BCUT2D eigenvalue weighted by atomic mass is 9.82. The van der Waals surface area contributed by atoms with Gasteiger partial charge in [-0.25, -0.2) is 0 Å². The molecule has 1 heteroatoms. The summed E-state index contributed by atoms with van der Waals surface area (Å²) in [7, 11) is 0. The monoisotopic (exact) mass is 314 g/mol. The molecule has 0 aliphatic heterocycles. The summed E-state index contributed by atoms with van der Waals surface area (Å²) in [5.74, 6) is 1.52. The molecule has 0 bridgehead atoms. The van der Waals surface area contributed by atoms with Crippen LogP contribution in [0.5, 0.6) is 0 Å². The fourth-order valence-electron chi connectivity index (χ4n) is 2.87. The van der Waals surface area contributed by atoms with E-state index in [2.05, 4.69) is 67.2 Å². The van der Waals surface area contributed by atoms with E-state index in [1.165, 1.54) is 22.3 Å². The molecule has 0 N–H and O–H groups in total. The largest absolute Gasteiger partial charge is 0.494 e. The quantitative estimate of drug-likeness (QED) is 0.363. The topological polar surface area (TPSA) is 9.23 Å². The predicted molar refractivity (Wildman–Crippen MR) is 102 cm³/mol. The van der Waals surface area contributed by atoms with Gasteiger partial charge in [0.25, 0.3) is 0 Å². The third kappa shape index (κ3) is 5.27. The van der Waals surface area contributed by atoms with Gasteiger partial charge in [-0.15, -0.1) is 6.58 Å². The van der Waals surface area contributed by atoms with Crippen LogP contribution in [0.4, 0.5) is 0 Å². The Kier molecular flexibility index (Phi) is 7.61. The van der Waals surface area contributed by atoms with Gasteiger partial charge in [0.2, 0.25) is 0 Å². The van der Waals surface area contributed by atoms with Crippen LogP contribution in [0.25, 0.3) is 0 Å². The lowest BCUT2D eigenvalue weighted by molar-refractivity contribution is 0.161. The number of benzene rings is 1. The predicted octanol–water partition coefficient (Wildman–Crippen LogP) is 7.22. The number of hydrogen-bond acceptors (Lipinski definition) is 1. The minimum Gasteiger partial charge on any atom is -0.494 e. The van der Waals surface area contributed by atoms with Crippen LogP contribution < -0.4 is 0 Å². The summed E-state index contributed by atoms with van der Waals surface area (Å²) < 4.78 is 5.98. The van der Waals surface area contributed by atoms with E-state index in [0.717, 1.165) is 6.42 Å². The van der Waals surface area contributed by atoms with Crippen molar-refractivity contribution in [2.24, 2.45) is 0 Å². The molecule has 1 nitrogen and oxygen atoms in total. The van der Waals surface area contributed by atoms with E-state index >= 15 is 0 Å². The molecular formula is C22H34O. The van der Waals surface area contributed by atoms with Gasteiger partial charge in [-0.2, -0.15) is 0 Å². The first-order chi connectivity index (χ1) is 10.8. The van der Waals surface area contributed by atoms with Crippen molar-refractivity contribution in [2.75, 3.05) is 0 Å². The lowest BCUT2D eigenvalue weighted by Crippen LogP contribution is -2.10. The number of ether oxygens (including phenoxy) is 1. The highest BCUT2D eigenvalue weighted by atomic mass is 16.5. The van der Waals surface area contributed by atoms with Crippen LogP contribution in [0.15, 0.2) is 37.1 Å². The molecule has 0 aromatic heterocycles. The van der Waals surface area contributed by atoms with Crippen molar-refractivity contribution < 1.29 is 4.74 Å². The summed E-state index contributed by atoms with van der Waals surface area (Å²) in [6.45, 7) is 19.5. The van der Waals surface area contributed by atoms with Gasteiger partial charge in [0.1, 0.15) is 6.10 Å². The van der Waals surface area contributed by atoms with Gasteiger partial charge in [-0.1, -0.05) is 59.8 Å². The Hall–Kier alpha value is -1.50. The summed E-state index contributed by atoms with van der Waals surface area (Å²) in [5, 5.41) is 0. The molecule has 1 rings (SSSR count). The maximum absolute atomic E-state index is 5.98. The molecule has 128 valence electrons. The maximum atomic E-state index is 5.98. The zero-order chi connectivity index (χ0) is 17.6. The minimum absolute atomic E-state index is 0.0621. The number of allylic oxidation sites excluding steroid dienone is 2. The Morgan fingerprint density at radius 2 is 1.43 bits per heavy atom. The average Bonchev–Trinajstić information content (AvgIpc) is 2.49. The van der Waals surface area contributed by atoms with Crippen molar-refractivity contribution in [1.29, 1.82) is 0 Å². The number of rotatable bonds is 8. The first kappa shape index (κ1) is 19.5. The maximum Gasteiger partial charge on any atom is 0.121 e. The van der Waals surface area contributed by atoms with E-state index in [9.17, 15) is 0 Å². The van der Waals surface area contributed by atoms with E-state index in [0.29, 0.717) is 17.8 Å². The molecule has 0 amide bonds. The van der Waals surface area contributed by atoms with Gasteiger partial charge in [0.15, 0.2) is 0 Å². The van der Waals surface area contributed by atoms with Crippen LogP contribution >= 0.6 is 0 Å². The molecule has 0 heterocycles. The molecule has 0 unspecified atom stereocenters. The van der Waals surface area contributed by atoms with Gasteiger partial charge in [0.05, 0.1) is 6.26 Å². The van der Waals surface area contributed by atoms with Crippen molar-refractivity contribution >= 4 is 0 Å². The molecule has 0 saturated heterocycles. The summed E-state index contributed by atoms with van der Waals surface area (Å²) in [4.78, 5) is 0. The van der Waals surface area contributed by atoms with Crippen molar-refractivity contribution in [2.45, 2.75) is 78.7 Å². The van der Waals surface area contributed by atoms with E-state index in [-0.39, 0.29) is 6.10 Å². The zero-order valence-electron chi connectivity index (χ0n) is 16.0. The molecule has 1 atom stereocenters. The Morgan fingerprint density at radius 1 is 0.913 bits per heavy atom. The Bertz CT molecular complexity index is 506. The molecule has 1 aromatic carbocycles. The van der Waals surface area contributed by atoms with Crippen LogP contribution in [-0.4, -0.2) is 0 Å². The zero-order valence-corrected chi connectivity index (χ0v) is 16.0. The molecular weight excluding hydrogens is 280 g/mol. The average molecular weight is 315 g/mol. The first-order valence-corrected chi connectivity index (χ1v) is 8.88. The number of hydrogen-bond donors (Lipinski definition) is 0. The Labute approximate surface area is 143 Å². The standard InChI is InChI=1S/C22H34O/c1-9-10-11-12-23-18(8)22-20(16(4)5)13-19(15(2)3)14-21(22)17(6)7/h9,11-18H,1,10H2,2-8H3/b12-11+/t18-/m0/s1. The molecule has 0 saturated carbocycles. The summed E-state index contributed by atoms with van der Waals surface area (Å²) in [6.07, 6.45) is 6.60. The summed E-state index contributed by atoms with van der Waals surface area (Å²) in [5.41, 5.74) is 5.63. The third-order valence-corrected chi connectivity index (χ3v) is 4.27. The molecule has 23 heavy (non-hydrogen) atoms. The van der Waals surface area contributed by atoms with E-state index in [4.69, 9.17) is 4.74 Å². The van der Waals surface area contributed by atoms with Crippen LogP contribution in [0, 0.1) is 0 Å². The third-order valence-electron chi connectivity index (χ3n) is 4.27. The Balaban J connectivity index is 3.33. The highest BCUT2D eigenvalue weighted by Crippen LogP contribution is 2.36. The minimum atomic E-state index is 0.0621. The normalized spacial score (nSPS) is 13.3. The second kappa shape index (κ2) is 8.96. The molecule has 0 radical (unpaired) electrons. The molecule has 0 spiro atoms. The lowest BCUT2D eigenvalue weighted by Gasteiger charge is -2.26. The smallest absolute Gasteiger partial charge is 0.121 e. The fraction of sp³-hybridized carbons (Fsp3) is 0.545. The van der Waals surface area contributed by atoms with E-state index in [1.54, 1.807) is 0 Å². The van der Waals surface area contributed by atoms with Crippen LogP contribution in [0.3, 0.4) is 0 Å². The van der Waals surface area contributed by atoms with Gasteiger partial charge in [0, 0.05) is 0 Å². The van der Waals surface area contributed by atoms with E-state index < -0.39 is 0 Å². The first-order valence-electron chi connectivity index (χ1n) is 8.88. The van der Waals surface area contributed by atoms with Gasteiger partial charge >= 0.3 is 0 Å². The van der Waals surface area contributed by atoms with E-state index in [1.807, 2.05) is 18.4 Å². The van der Waals surface area contributed by atoms with Crippen LogP contribution in [0.2, 0.25) is 0 Å². The van der Waals surface area contributed by atoms with Crippen molar-refractivity contribution in [1.82, 2.24) is 0 Å². The fourth-order valence-corrected chi connectivity index (χ4v) is 2.87. The molecule has 0 fully saturated rings. The molecule has 1 aromatic rings. The van der Waals surface area contributed by atoms with Crippen molar-refractivity contribution in [3.05, 3.63) is 59.4 Å². The highest BCUT2D eigenvalue weighted by molar-refractivity contribution is 5.44. The van der Waals surface area contributed by atoms with Gasteiger partial charge in [-0.05, 0) is 59.4 Å². The van der Waals surface area contributed by atoms with Crippen LogP contribution in [0.1, 0.15) is 101 Å². The second-order valence-electron chi connectivity index (χ2n) is 7.25. The second-order valence-corrected chi connectivity index (χ2v) is 7.25. The van der Waals surface area contributed by atoms with Gasteiger partial charge < -0.3 is 4.74 Å².